The van der Waals surface area contributed by atoms with Gasteiger partial charge in [0, 0.05) is 0 Å². The summed E-state index contributed by atoms with van der Waals surface area (Å²) in [5, 5.41) is 9.67. The standard InChI is InChI=1S/C10H20O/c1-3-4-9-6-5-8(2)7-10(9)11/h8-11H,3-7H2,1-2H3/t8-,9+,10+/m1/s1. The van der Waals surface area contributed by atoms with Crippen molar-refractivity contribution in [3.8, 4) is 0 Å². The summed E-state index contributed by atoms with van der Waals surface area (Å²) in [6.45, 7) is 4.44. The molecule has 0 aromatic rings. The SMILES string of the molecule is CCC[C@H]1CC[C@@H](C)C[C@@H]1O. The van der Waals surface area contributed by atoms with Crippen LogP contribution in [0.5, 0.6) is 0 Å². The van der Waals surface area contributed by atoms with Gasteiger partial charge in [0.15, 0.2) is 0 Å². The van der Waals surface area contributed by atoms with Gasteiger partial charge in [-0.05, 0) is 31.1 Å². The number of hydrogen-bond donors (Lipinski definition) is 1. The van der Waals surface area contributed by atoms with Crippen LogP contribution in [0, 0.1) is 11.8 Å². The Labute approximate surface area is 69.8 Å². The van der Waals surface area contributed by atoms with Crippen LogP contribution in [-0.4, -0.2) is 11.2 Å². The molecule has 1 N–H and O–H groups in total. The van der Waals surface area contributed by atoms with Crippen LogP contribution < -0.4 is 0 Å². The zero-order chi connectivity index (χ0) is 8.27. The second kappa shape index (κ2) is 4.10. The van der Waals surface area contributed by atoms with Crippen molar-refractivity contribution in [1.82, 2.24) is 0 Å². The molecule has 1 heteroatoms. The summed E-state index contributed by atoms with van der Waals surface area (Å²) < 4.78 is 0. The summed E-state index contributed by atoms with van der Waals surface area (Å²) in [6, 6.07) is 0. The lowest BCUT2D eigenvalue weighted by molar-refractivity contribution is 0.0444. The largest absolute Gasteiger partial charge is 0.393 e. The zero-order valence-electron chi connectivity index (χ0n) is 7.71. The molecule has 0 radical (unpaired) electrons. The van der Waals surface area contributed by atoms with E-state index in [0.29, 0.717) is 5.92 Å². The van der Waals surface area contributed by atoms with Crippen LogP contribution >= 0.6 is 0 Å². The molecule has 1 rings (SSSR count). The van der Waals surface area contributed by atoms with Gasteiger partial charge in [-0.25, -0.2) is 0 Å². The Morgan fingerprint density at radius 2 is 2.09 bits per heavy atom. The van der Waals surface area contributed by atoms with Crippen molar-refractivity contribution >= 4 is 0 Å². The minimum atomic E-state index is -0.00120. The van der Waals surface area contributed by atoms with Gasteiger partial charge >= 0.3 is 0 Å². The van der Waals surface area contributed by atoms with Crippen LogP contribution in [0.15, 0.2) is 0 Å². The van der Waals surface area contributed by atoms with Crippen molar-refractivity contribution in [1.29, 1.82) is 0 Å². The molecule has 0 aromatic carbocycles. The maximum absolute atomic E-state index is 9.67. The lowest BCUT2D eigenvalue weighted by atomic mass is 9.79. The fraction of sp³-hybridized carbons (Fsp3) is 1.00. The van der Waals surface area contributed by atoms with E-state index in [2.05, 4.69) is 13.8 Å². The normalized spacial score (nSPS) is 39.0. The Hall–Kier alpha value is -0.0400. The zero-order valence-corrected chi connectivity index (χ0v) is 7.71. The first-order chi connectivity index (χ1) is 5.24. The summed E-state index contributed by atoms with van der Waals surface area (Å²) in [5.74, 6) is 1.36. The molecular weight excluding hydrogens is 136 g/mol. The van der Waals surface area contributed by atoms with Gasteiger partial charge in [-0.1, -0.05) is 26.7 Å². The molecule has 1 saturated carbocycles. The smallest absolute Gasteiger partial charge is 0.0570 e. The highest BCUT2D eigenvalue weighted by atomic mass is 16.3. The average Bonchev–Trinajstić information content (AvgIpc) is 1.95. The topological polar surface area (TPSA) is 20.2 Å². The minimum Gasteiger partial charge on any atom is -0.393 e. The molecule has 1 aliphatic rings. The Kier molecular flexibility index (Phi) is 3.38. The second-order valence-electron chi connectivity index (χ2n) is 4.03. The highest BCUT2D eigenvalue weighted by Gasteiger charge is 2.25. The van der Waals surface area contributed by atoms with Crippen LogP contribution in [0.3, 0.4) is 0 Å². The average molecular weight is 156 g/mol. The Morgan fingerprint density at radius 3 is 2.64 bits per heavy atom. The molecule has 0 amide bonds. The van der Waals surface area contributed by atoms with Crippen LogP contribution in [0.4, 0.5) is 0 Å². The van der Waals surface area contributed by atoms with Crippen molar-refractivity contribution in [3.63, 3.8) is 0 Å². The summed E-state index contributed by atoms with van der Waals surface area (Å²) in [6.07, 6.45) is 6.03. The van der Waals surface area contributed by atoms with E-state index in [0.717, 1.165) is 12.3 Å². The lowest BCUT2D eigenvalue weighted by Crippen LogP contribution is -2.28. The Balaban J connectivity index is 2.31. The van der Waals surface area contributed by atoms with E-state index in [-0.39, 0.29) is 6.10 Å². The first-order valence-corrected chi connectivity index (χ1v) is 4.92. The van der Waals surface area contributed by atoms with Crippen molar-refractivity contribution in [2.24, 2.45) is 11.8 Å². The van der Waals surface area contributed by atoms with Crippen LogP contribution in [0.2, 0.25) is 0 Å². The first kappa shape index (κ1) is 9.05. The quantitative estimate of drug-likeness (QED) is 0.651. The van der Waals surface area contributed by atoms with Crippen LogP contribution in [0.1, 0.15) is 46.0 Å². The van der Waals surface area contributed by atoms with Gasteiger partial charge in [0.2, 0.25) is 0 Å². The molecule has 11 heavy (non-hydrogen) atoms. The molecule has 0 saturated heterocycles. The molecule has 1 aliphatic carbocycles. The van der Waals surface area contributed by atoms with Gasteiger partial charge in [-0.3, -0.25) is 0 Å². The molecule has 0 spiro atoms. The van der Waals surface area contributed by atoms with Crippen molar-refractivity contribution in [2.75, 3.05) is 0 Å². The van der Waals surface area contributed by atoms with Crippen molar-refractivity contribution in [2.45, 2.75) is 52.1 Å². The lowest BCUT2D eigenvalue weighted by Gasteiger charge is -2.31. The van der Waals surface area contributed by atoms with Crippen molar-refractivity contribution < 1.29 is 5.11 Å². The number of aliphatic hydroxyl groups is 1. The predicted molar refractivity (Wildman–Crippen MR) is 47.4 cm³/mol. The van der Waals surface area contributed by atoms with E-state index in [4.69, 9.17) is 0 Å². The molecule has 0 unspecified atom stereocenters. The van der Waals surface area contributed by atoms with Crippen LogP contribution in [-0.2, 0) is 0 Å². The molecule has 1 fully saturated rings. The van der Waals surface area contributed by atoms with Gasteiger partial charge in [0.25, 0.3) is 0 Å². The van der Waals surface area contributed by atoms with E-state index in [9.17, 15) is 5.11 Å². The Bertz CT molecular complexity index is 111. The van der Waals surface area contributed by atoms with Crippen LogP contribution in [0.25, 0.3) is 0 Å². The fourth-order valence-electron chi connectivity index (χ4n) is 2.12. The molecule has 0 aromatic heterocycles. The van der Waals surface area contributed by atoms with Gasteiger partial charge in [0.1, 0.15) is 0 Å². The second-order valence-corrected chi connectivity index (χ2v) is 4.03. The molecule has 0 heterocycles. The minimum absolute atomic E-state index is 0.00120. The van der Waals surface area contributed by atoms with E-state index in [1.54, 1.807) is 0 Å². The maximum Gasteiger partial charge on any atom is 0.0570 e. The van der Waals surface area contributed by atoms with E-state index >= 15 is 0 Å². The van der Waals surface area contributed by atoms with E-state index in [1.807, 2.05) is 0 Å². The van der Waals surface area contributed by atoms with E-state index in [1.165, 1.54) is 25.7 Å². The van der Waals surface area contributed by atoms with Gasteiger partial charge in [-0.2, -0.15) is 0 Å². The molecule has 66 valence electrons. The first-order valence-electron chi connectivity index (χ1n) is 4.92. The third-order valence-corrected chi connectivity index (χ3v) is 2.88. The summed E-state index contributed by atoms with van der Waals surface area (Å²) in [5.41, 5.74) is 0. The third kappa shape index (κ3) is 2.48. The fourth-order valence-corrected chi connectivity index (χ4v) is 2.12. The number of rotatable bonds is 2. The molecule has 3 atom stereocenters. The monoisotopic (exact) mass is 156 g/mol. The molecular formula is C10H20O. The maximum atomic E-state index is 9.67. The van der Waals surface area contributed by atoms with Gasteiger partial charge in [0.05, 0.1) is 6.10 Å². The van der Waals surface area contributed by atoms with Gasteiger partial charge < -0.3 is 5.11 Å². The molecule has 0 aliphatic heterocycles. The van der Waals surface area contributed by atoms with Crippen molar-refractivity contribution in [3.05, 3.63) is 0 Å². The molecule has 1 nitrogen and oxygen atoms in total. The summed E-state index contributed by atoms with van der Waals surface area (Å²) in [4.78, 5) is 0. The summed E-state index contributed by atoms with van der Waals surface area (Å²) in [7, 11) is 0. The Morgan fingerprint density at radius 1 is 1.36 bits per heavy atom. The summed E-state index contributed by atoms with van der Waals surface area (Å²) >= 11 is 0. The van der Waals surface area contributed by atoms with Gasteiger partial charge in [-0.15, -0.1) is 0 Å². The molecule has 0 bridgehead atoms. The number of hydrogen-bond acceptors (Lipinski definition) is 1. The highest BCUT2D eigenvalue weighted by molar-refractivity contribution is 4.77. The van der Waals surface area contributed by atoms with E-state index < -0.39 is 0 Å². The number of aliphatic hydroxyl groups excluding tert-OH is 1. The third-order valence-electron chi connectivity index (χ3n) is 2.88. The predicted octanol–water partition coefficient (Wildman–Crippen LogP) is 2.58. The highest BCUT2D eigenvalue weighted by Crippen LogP contribution is 2.31.